The molecule has 1 aromatic rings. The van der Waals surface area contributed by atoms with Crippen LogP contribution in [0.25, 0.3) is 5.57 Å². The zero-order valence-electron chi connectivity index (χ0n) is 17.2. The van der Waals surface area contributed by atoms with Crippen molar-refractivity contribution in [3.8, 4) is 5.75 Å². The summed E-state index contributed by atoms with van der Waals surface area (Å²) < 4.78 is 22.3. The Hall–Kier alpha value is -2.01. The van der Waals surface area contributed by atoms with Crippen molar-refractivity contribution in [2.24, 2.45) is 5.92 Å². The number of carbonyl (C=O) groups excluding carboxylic acids is 1. The van der Waals surface area contributed by atoms with E-state index in [0.29, 0.717) is 30.6 Å². The largest absolute Gasteiger partial charge is 0.497 e. The molecule has 0 spiro atoms. The molecule has 1 aliphatic carbocycles. The lowest BCUT2D eigenvalue weighted by Crippen LogP contribution is -2.60. The molecule has 2 fully saturated rings. The lowest BCUT2D eigenvalue weighted by atomic mass is 9.78. The number of hydrogen-bond donors (Lipinski definition) is 4. The zero-order chi connectivity index (χ0) is 22.1. The first-order chi connectivity index (χ1) is 14.9. The van der Waals surface area contributed by atoms with Crippen LogP contribution in [0.3, 0.4) is 0 Å². The van der Waals surface area contributed by atoms with Crippen LogP contribution in [0.5, 0.6) is 5.75 Å². The maximum absolute atomic E-state index is 13.1. The number of rotatable bonds is 5. The molecule has 9 nitrogen and oxygen atoms in total. The number of Topliss-reactive ketones (excluding diaryl/α,β-unsaturated/α-hetero) is 1. The lowest BCUT2D eigenvalue weighted by Gasteiger charge is -2.43. The molecule has 4 rings (SSSR count). The first kappa shape index (κ1) is 22.2. The van der Waals surface area contributed by atoms with E-state index in [-0.39, 0.29) is 23.9 Å². The third-order valence-electron chi connectivity index (χ3n) is 6.28. The number of fused-ring (bicyclic) bond motifs is 1. The average Bonchev–Trinajstić information content (AvgIpc) is 2.80. The average molecular weight is 436 g/mol. The van der Waals surface area contributed by atoms with Gasteiger partial charge in [-0.2, -0.15) is 0 Å². The summed E-state index contributed by atoms with van der Waals surface area (Å²) in [6, 6.07) is 7.22. The monoisotopic (exact) mass is 436 g/mol. The number of aliphatic hydroxyl groups excluding tert-OH is 4. The van der Waals surface area contributed by atoms with Gasteiger partial charge < -0.3 is 39.4 Å². The van der Waals surface area contributed by atoms with Gasteiger partial charge in [-0.25, -0.2) is 0 Å². The van der Waals surface area contributed by atoms with Crippen molar-refractivity contribution in [3.05, 3.63) is 36.1 Å². The van der Waals surface area contributed by atoms with Crippen molar-refractivity contribution in [1.82, 2.24) is 0 Å². The molecule has 2 aliphatic heterocycles. The van der Waals surface area contributed by atoms with E-state index in [1.165, 1.54) is 6.26 Å². The Kier molecular flexibility index (Phi) is 6.61. The predicted octanol–water partition coefficient (Wildman–Crippen LogP) is -0.0108. The number of aliphatic hydroxyl groups is 4. The molecule has 0 bridgehead atoms. The van der Waals surface area contributed by atoms with E-state index in [4.69, 9.17) is 18.9 Å². The Morgan fingerprint density at radius 2 is 1.81 bits per heavy atom. The molecule has 0 aromatic heterocycles. The van der Waals surface area contributed by atoms with Crippen LogP contribution in [-0.2, 0) is 19.0 Å². The Bertz CT molecular complexity index is 806. The molecule has 4 unspecified atom stereocenters. The Morgan fingerprint density at radius 3 is 2.48 bits per heavy atom. The second-order valence-corrected chi connectivity index (χ2v) is 8.17. The van der Waals surface area contributed by atoms with Gasteiger partial charge in [-0.1, -0.05) is 12.1 Å². The van der Waals surface area contributed by atoms with E-state index in [1.54, 1.807) is 19.2 Å². The van der Waals surface area contributed by atoms with Crippen molar-refractivity contribution in [3.63, 3.8) is 0 Å². The van der Waals surface area contributed by atoms with Gasteiger partial charge in [0, 0.05) is 6.42 Å². The SMILES string of the molecule is COc1ccc(C2=COC3CC(OC4O[C@H](CO)[C@@H](O)[C@H](O)[C@H]4O)CCC3C2=O)cc1. The van der Waals surface area contributed by atoms with Crippen LogP contribution >= 0.6 is 0 Å². The minimum atomic E-state index is -1.49. The molecule has 2 heterocycles. The maximum Gasteiger partial charge on any atom is 0.186 e. The van der Waals surface area contributed by atoms with Crippen LogP contribution in [0.2, 0.25) is 0 Å². The minimum absolute atomic E-state index is 0.0210. The third kappa shape index (κ3) is 4.34. The van der Waals surface area contributed by atoms with Crippen LogP contribution in [0.1, 0.15) is 24.8 Å². The highest BCUT2D eigenvalue weighted by atomic mass is 16.7. The van der Waals surface area contributed by atoms with Gasteiger partial charge in [0.15, 0.2) is 12.1 Å². The Morgan fingerprint density at radius 1 is 1.06 bits per heavy atom. The highest BCUT2D eigenvalue weighted by Crippen LogP contribution is 2.38. The molecule has 9 heteroatoms. The summed E-state index contributed by atoms with van der Waals surface area (Å²) >= 11 is 0. The number of allylic oxidation sites excluding steroid dienone is 1. The van der Waals surface area contributed by atoms with Crippen molar-refractivity contribution in [2.75, 3.05) is 13.7 Å². The fraction of sp³-hybridized carbons (Fsp3) is 0.591. The molecule has 0 radical (unpaired) electrons. The number of hydrogen-bond acceptors (Lipinski definition) is 9. The minimum Gasteiger partial charge on any atom is -0.497 e. The molecule has 31 heavy (non-hydrogen) atoms. The molecular weight excluding hydrogens is 408 g/mol. The molecule has 1 aromatic carbocycles. The van der Waals surface area contributed by atoms with Crippen molar-refractivity contribution < 1.29 is 44.2 Å². The summed E-state index contributed by atoms with van der Waals surface area (Å²) in [5.74, 6) is 0.432. The highest BCUT2D eigenvalue weighted by Gasteiger charge is 2.47. The van der Waals surface area contributed by atoms with Crippen molar-refractivity contribution >= 4 is 11.4 Å². The predicted molar refractivity (Wildman–Crippen MR) is 107 cm³/mol. The number of ether oxygens (including phenoxy) is 4. The van der Waals surface area contributed by atoms with E-state index < -0.39 is 37.3 Å². The molecule has 0 amide bonds. The summed E-state index contributed by atoms with van der Waals surface area (Å²) in [7, 11) is 1.58. The topological polar surface area (TPSA) is 135 Å². The van der Waals surface area contributed by atoms with Crippen LogP contribution in [0.15, 0.2) is 30.5 Å². The number of benzene rings is 1. The summed E-state index contributed by atoms with van der Waals surface area (Å²) in [5.41, 5.74) is 1.29. The first-order valence-corrected chi connectivity index (χ1v) is 10.4. The van der Waals surface area contributed by atoms with Gasteiger partial charge >= 0.3 is 0 Å². The summed E-state index contributed by atoms with van der Waals surface area (Å²) in [5, 5.41) is 39.3. The molecule has 3 aliphatic rings. The first-order valence-electron chi connectivity index (χ1n) is 10.4. The van der Waals surface area contributed by atoms with Gasteiger partial charge in [-0.05, 0) is 30.5 Å². The Balaban J connectivity index is 1.40. The van der Waals surface area contributed by atoms with Crippen LogP contribution in [-0.4, -0.2) is 82.8 Å². The van der Waals surface area contributed by atoms with E-state index in [1.807, 2.05) is 12.1 Å². The summed E-state index contributed by atoms with van der Waals surface area (Å²) in [6.45, 7) is -0.517. The fourth-order valence-corrected chi connectivity index (χ4v) is 4.43. The van der Waals surface area contributed by atoms with E-state index in [9.17, 15) is 25.2 Å². The second kappa shape index (κ2) is 9.23. The molecule has 1 saturated carbocycles. The van der Waals surface area contributed by atoms with Gasteiger partial charge in [0.2, 0.25) is 0 Å². The van der Waals surface area contributed by atoms with E-state index in [0.717, 1.165) is 5.56 Å². The Labute approximate surface area is 179 Å². The maximum atomic E-state index is 13.1. The molecule has 8 atom stereocenters. The lowest BCUT2D eigenvalue weighted by molar-refractivity contribution is -0.314. The normalized spacial score (nSPS) is 38.1. The standard InChI is InChI=1S/C22H28O9/c1-28-12-4-2-11(3-5-12)15-10-29-16-8-13(6-7-14(16)18(15)24)30-22-21(27)20(26)19(25)17(9-23)31-22/h2-5,10,13-14,16-17,19-23,25-27H,6-9H2,1H3/t13?,14?,16?,17-,19-,20+,21-,22?/m1/s1. The zero-order valence-corrected chi connectivity index (χ0v) is 17.2. The van der Waals surface area contributed by atoms with E-state index in [2.05, 4.69) is 0 Å². The van der Waals surface area contributed by atoms with Crippen molar-refractivity contribution in [1.29, 1.82) is 0 Å². The summed E-state index contributed by atoms with van der Waals surface area (Å²) in [6.07, 6.45) is -4.34. The number of carbonyl (C=O) groups is 1. The van der Waals surface area contributed by atoms with Crippen LogP contribution < -0.4 is 4.74 Å². The quantitative estimate of drug-likeness (QED) is 0.503. The van der Waals surface area contributed by atoms with Gasteiger partial charge in [0.25, 0.3) is 0 Å². The molecule has 170 valence electrons. The number of ketones is 1. The van der Waals surface area contributed by atoms with Gasteiger partial charge in [-0.15, -0.1) is 0 Å². The summed E-state index contributed by atoms with van der Waals surface area (Å²) in [4.78, 5) is 13.1. The second-order valence-electron chi connectivity index (χ2n) is 8.17. The van der Waals surface area contributed by atoms with Crippen LogP contribution in [0.4, 0.5) is 0 Å². The van der Waals surface area contributed by atoms with Gasteiger partial charge in [0.05, 0.1) is 37.6 Å². The molecule has 1 saturated heterocycles. The van der Waals surface area contributed by atoms with E-state index >= 15 is 0 Å². The molecular formula is C22H28O9. The smallest absolute Gasteiger partial charge is 0.186 e. The molecule has 4 N–H and O–H groups in total. The number of methoxy groups -OCH3 is 1. The van der Waals surface area contributed by atoms with Gasteiger partial charge in [-0.3, -0.25) is 4.79 Å². The fourth-order valence-electron chi connectivity index (χ4n) is 4.43. The third-order valence-corrected chi connectivity index (χ3v) is 6.28. The van der Waals surface area contributed by atoms with Crippen molar-refractivity contribution in [2.45, 2.75) is 62.2 Å². The van der Waals surface area contributed by atoms with Crippen LogP contribution in [0, 0.1) is 5.92 Å². The highest BCUT2D eigenvalue weighted by molar-refractivity contribution is 6.22. The van der Waals surface area contributed by atoms with Gasteiger partial charge in [0.1, 0.15) is 36.3 Å².